The quantitative estimate of drug-likeness (QED) is 0.717. The van der Waals surface area contributed by atoms with E-state index in [1.807, 2.05) is 12.3 Å². The number of aliphatic hydroxyl groups excluding tert-OH is 1. The molecule has 3 N–H and O–H groups in total. The Morgan fingerprint density at radius 3 is 2.78 bits per heavy atom. The SMILES string of the molecule is O=C(N[C@H]1C[C@H]2CN(c3ncnc4[nH]ccc34)C[C@H]2C[C@@H]1O)C1CC=CC1. The van der Waals surface area contributed by atoms with Crippen LogP contribution in [0.2, 0.25) is 0 Å². The summed E-state index contributed by atoms with van der Waals surface area (Å²) in [6, 6.07) is 1.87. The van der Waals surface area contributed by atoms with Crippen molar-refractivity contribution in [2.45, 2.75) is 37.8 Å². The van der Waals surface area contributed by atoms with Gasteiger partial charge >= 0.3 is 0 Å². The molecular formula is C20H25N5O2. The van der Waals surface area contributed by atoms with Crippen molar-refractivity contribution in [2.75, 3.05) is 18.0 Å². The van der Waals surface area contributed by atoms with Crippen LogP contribution >= 0.6 is 0 Å². The van der Waals surface area contributed by atoms with E-state index < -0.39 is 6.10 Å². The van der Waals surface area contributed by atoms with E-state index in [-0.39, 0.29) is 17.9 Å². The van der Waals surface area contributed by atoms with E-state index in [0.29, 0.717) is 11.8 Å². The first-order chi connectivity index (χ1) is 13.2. The highest BCUT2D eigenvalue weighted by Gasteiger charge is 2.43. The standard InChI is InChI=1S/C20H25N5O2/c26-17-8-14-10-25(19-15-5-6-21-18(15)22-11-23-19)9-13(14)7-16(17)24-20(27)12-3-1-2-4-12/h1-2,5-6,11-14,16-17,26H,3-4,7-10H2,(H,24,27)(H,21,22,23)/t13-,14+,16-,17-/m0/s1. The number of nitrogens with zero attached hydrogens (tertiary/aromatic N) is 3. The molecule has 142 valence electrons. The Labute approximate surface area is 157 Å². The summed E-state index contributed by atoms with van der Waals surface area (Å²) in [6.07, 6.45) is 10.3. The van der Waals surface area contributed by atoms with E-state index >= 15 is 0 Å². The van der Waals surface area contributed by atoms with E-state index in [9.17, 15) is 9.90 Å². The predicted octanol–water partition coefficient (Wildman–Crippen LogP) is 1.62. The van der Waals surface area contributed by atoms with E-state index in [4.69, 9.17) is 0 Å². The average Bonchev–Trinajstić information content (AvgIpc) is 3.41. The fourth-order valence-corrected chi connectivity index (χ4v) is 5.00. The van der Waals surface area contributed by atoms with Crippen LogP contribution in [0.5, 0.6) is 0 Å². The summed E-state index contributed by atoms with van der Waals surface area (Å²) in [7, 11) is 0. The van der Waals surface area contributed by atoms with Crippen molar-refractivity contribution < 1.29 is 9.90 Å². The highest BCUT2D eigenvalue weighted by molar-refractivity contribution is 5.87. The van der Waals surface area contributed by atoms with Crippen LogP contribution in [0.3, 0.4) is 0 Å². The molecule has 0 aromatic carbocycles. The summed E-state index contributed by atoms with van der Waals surface area (Å²) in [5.74, 6) is 1.98. The second kappa shape index (κ2) is 6.64. The number of rotatable bonds is 3. The summed E-state index contributed by atoms with van der Waals surface area (Å²) in [6.45, 7) is 1.80. The molecule has 1 amide bonds. The molecular weight excluding hydrogens is 342 g/mol. The van der Waals surface area contributed by atoms with Gasteiger partial charge in [0.25, 0.3) is 0 Å². The van der Waals surface area contributed by atoms with Gasteiger partial charge in [-0.3, -0.25) is 4.79 Å². The molecule has 3 aliphatic rings. The molecule has 2 aliphatic carbocycles. The minimum atomic E-state index is -0.470. The maximum Gasteiger partial charge on any atom is 0.224 e. The molecule has 7 heteroatoms. The Morgan fingerprint density at radius 1 is 1.19 bits per heavy atom. The molecule has 2 aromatic heterocycles. The van der Waals surface area contributed by atoms with Crippen molar-refractivity contribution in [2.24, 2.45) is 17.8 Å². The Balaban J connectivity index is 1.28. The molecule has 1 saturated heterocycles. The summed E-state index contributed by atoms with van der Waals surface area (Å²) < 4.78 is 0. The van der Waals surface area contributed by atoms with Gasteiger partial charge in [-0.2, -0.15) is 0 Å². The molecule has 5 rings (SSSR count). The number of hydrogen-bond donors (Lipinski definition) is 3. The van der Waals surface area contributed by atoms with Crippen molar-refractivity contribution in [1.29, 1.82) is 0 Å². The molecule has 2 aromatic rings. The number of aliphatic hydroxyl groups is 1. The smallest absolute Gasteiger partial charge is 0.224 e. The van der Waals surface area contributed by atoms with Gasteiger partial charge in [0.15, 0.2) is 0 Å². The summed E-state index contributed by atoms with van der Waals surface area (Å²) >= 11 is 0. The molecule has 2 fully saturated rings. The van der Waals surface area contributed by atoms with Gasteiger partial charge in [-0.25, -0.2) is 9.97 Å². The lowest BCUT2D eigenvalue weighted by molar-refractivity contribution is -0.127. The highest BCUT2D eigenvalue weighted by atomic mass is 16.3. The minimum Gasteiger partial charge on any atom is -0.391 e. The number of allylic oxidation sites excluding steroid dienone is 2. The van der Waals surface area contributed by atoms with Crippen LogP contribution in [0.25, 0.3) is 11.0 Å². The van der Waals surface area contributed by atoms with Gasteiger partial charge in [-0.15, -0.1) is 0 Å². The molecule has 1 aliphatic heterocycles. The molecule has 0 spiro atoms. The van der Waals surface area contributed by atoms with E-state index in [1.54, 1.807) is 6.33 Å². The second-order valence-corrected chi connectivity index (χ2v) is 8.16. The maximum atomic E-state index is 12.5. The lowest BCUT2D eigenvalue weighted by Crippen LogP contribution is -2.50. The Morgan fingerprint density at radius 2 is 1.96 bits per heavy atom. The van der Waals surface area contributed by atoms with Crippen LogP contribution in [0.15, 0.2) is 30.7 Å². The second-order valence-electron chi connectivity index (χ2n) is 8.16. The van der Waals surface area contributed by atoms with Gasteiger partial charge in [0.1, 0.15) is 17.8 Å². The van der Waals surface area contributed by atoms with Crippen LogP contribution in [-0.4, -0.2) is 51.2 Å². The zero-order chi connectivity index (χ0) is 18.4. The van der Waals surface area contributed by atoms with Gasteiger partial charge in [0.05, 0.1) is 17.5 Å². The number of aromatic amines is 1. The van der Waals surface area contributed by atoms with Gasteiger partial charge in [0, 0.05) is 25.2 Å². The minimum absolute atomic E-state index is 0.0397. The number of carbonyl (C=O) groups excluding carboxylic acids is 1. The van der Waals surface area contributed by atoms with Crippen molar-refractivity contribution in [3.8, 4) is 0 Å². The molecule has 27 heavy (non-hydrogen) atoms. The average molecular weight is 367 g/mol. The lowest BCUT2D eigenvalue weighted by Gasteiger charge is -2.36. The van der Waals surface area contributed by atoms with Crippen LogP contribution in [0.1, 0.15) is 25.7 Å². The van der Waals surface area contributed by atoms with Gasteiger partial charge < -0.3 is 20.3 Å². The summed E-state index contributed by atoms with van der Waals surface area (Å²) in [5.41, 5.74) is 0.852. The van der Waals surface area contributed by atoms with Crippen LogP contribution in [0, 0.1) is 17.8 Å². The first kappa shape index (κ1) is 16.7. The maximum absolute atomic E-state index is 12.5. The van der Waals surface area contributed by atoms with Gasteiger partial charge in [0.2, 0.25) is 5.91 Å². The van der Waals surface area contributed by atoms with Crippen LogP contribution in [0.4, 0.5) is 5.82 Å². The largest absolute Gasteiger partial charge is 0.391 e. The van der Waals surface area contributed by atoms with Crippen molar-refractivity contribution in [3.63, 3.8) is 0 Å². The normalized spacial score (nSPS) is 30.8. The van der Waals surface area contributed by atoms with E-state index in [2.05, 4.69) is 37.3 Å². The number of H-pyrrole nitrogens is 1. The molecule has 7 nitrogen and oxygen atoms in total. The van der Waals surface area contributed by atoms with Crippen molar-refractivity contribution in [1.82, 2.24) is 20.3 Å². The first-order valence-electron chi connectivity index (χ1n) is 9.85. The van der Waals surface area contributed by atoms with Gasteiger partial charge in [-0.1, -0.05) is 12.2 Å². The number of anilines is 1. The highest BCUT2D eigenvalue weighted by Crippen LogP contribution is 2.39. The number of nitrogens with one attached hydrogen (secondary N) is 2. The third-order valence-electron chi connectivity index (χ3n) is 6.48. The monoisotopic (exact) mass is 367 g/mol. The number of hydrogen-bond acceptors (Lipinski definition) is 5. The Hall–Kier alpha value is -2.41. The van der Waals surface area contributed by atoms with Crippen molar-refractivity contribution >= 4 is 22.8 Å². The molecule has 3 heterocycles. The topological polar surface area (TPSA) is 94.1 Å². The summed E-state index contributed by atoms with van der Waals surface area (Å²) in [5, 5.41) is 14.8. The van der Waals surface area contributed by atoms with E-state index in [1.165, 1.54) is 0 Å². The molecule has 4 atom stereocenters. The van der Waals surface area contributed by atoms with Crippen molar-refractivity contribution in [3.05, 3.63) is 30.7 Å². The zero-order valence-corrected chi connectivity index (χ0v) is 15.2. The number of carbonyl (C=O) groups is 1. The predicted molar refractivity (Wildman–Crippen MR) is 102 cm³/mol. The Kier molecular flexibility index (Phi) is 4.11. The van der Waals surface area contributed by atoms with Crippen LogP contribution < -0.4 is 10.2 Å². The number of fused-ring (bicyclic) bond motifs is 2. The Bertz CT molecular complexity index is 870. The summed E-state index contributed by atoms with van der Waals surface area (Å²) in [4.78, 5) is 26.7. The lowest BCUT2D eigenvalue weighted by atomic mass is 9.77. The fourth-order valence-electron chi connectivity index (χ4n) is 5.00. The third kappa shape index (κ3) is 3.00. The molecule has 0 unspecified atom stereocenters. The molecule has 0 radical (unpaired) electrons. The van der Waals surface area contributed by atoms with Gasteiger partial charge in [-0.05, 0) is 43.6 Å². The number of aromatic nitrogens is 3. The molecule has 0 bridgehead atoms. The van der Waals surface area contributed by atoms with Crippen LogP contribution in [-0.2, 0) is 4.79 Å². The number of amides is 1. The first-order valence-corrected chi connectivity index (χ1v) is 9.85. The molecule has 1 saturated carbocycles. The fraction of sp³-hybridized carbons (Fsp3) is 0.550. The zero-order valence-electron chi connectivity index (χ0n) is 15.2. The van der Waals surface area contributed by atoms with E-state index in [0.717, 1.165) is 55.6 Å². The third-order valence-corrected chi connectivity index (χ3v) is 6.48.